The topological polar surface area (TPSA) is 47.6 Å². The Morgan fingerprint density at radius 2 is 2.43 bits per heavy atom. The van der Waals surface area contributed by atoms with E-state index in [0.717, 1.165) is 34.9 Å². The van der Waals surface area contributed by atoms with Gasteiger partial charge in [0.05, 0.1) is 10.3 Å². The molecule has 1 aliphatic carbocycles. The molecule has 14 heavy (non-hydrogen) atoms. The minimum absolute atomic E-state index is 0.211. The summed E-state index contributed by atoms with van der Waals surface area (Å²) in [6.07, 6.45) is 4.82. The van der Waals surface area contributed by atoms with Gasteiger partial charge in [0.25, 0.3) is 0 Å². The molecule has 1 atom stereocenters. The molecule has 0 aromatic carbocycles. The highest BCUT2D eigenvalue weighted by atomic mass is 32.2. The Kier molecular flexibility index (Phi) is 5.13. The van der Waals surface area contributed by atoms with Crippen LogP contribution in [0.1, 0.15) is 32.1 Å². The number of thioether (sulfide) groups is 1. The van der Waals surface area contributed by atoms with Crippen LogP contribution in [0, 0.1) is 22.7 Å². The predicted molar refractivity (Wildman–Crippen MR) is 65.0 cm³/mol. The largest absolute Gasteiger partial charge is 0.309 e. The van der Waals surface area contributed by atoms with Gasteiger partial charge in [0, 0.05) is 23.8 Å². The van der Waals surface area contributed by atoms with E-state index in [-0.39, 0.29) is 5.92 Å². The molecule has 0 bridgehead atoms. The van der Waals surface area contributed by atoms with Crippen LogP contribution in [0.25, 0.3) is 0 Å². The van der Waals surface area contributed by atoms with Crippen LogP contribution in [0.4, 0.5) is 0 Å². The average molecular weight is 226 g/mol. The van der Waals surface area contributed by atoms with Crippen molar-refractivity contribution in [3.05, 3.63) is 0 Å². The molecule has 0 aromatic heterocycles. The number of rotatable bonds is 3. The van der Waals surface area contributed by atoms with Crippen LogP contribution in [0.15, 0.2) is 0 Å². The lowest BCUT2D eigenvalue weighted by Gasteiger charge is -2.22. The highest BCUT2D eigenvalue weighted by Gasteiger charge is 2.22. The van der Waals surface area contributed by atoms with E-state index in [4.69, 9.17) is 22.9 Å². The van der Waals surface area contributed by atoms with E-state index in [9.17, 15) is 0 Å². The van der Waals surface area contributed by atoms with Gasteiger partial charge in [-0.25, -0.2) is 0 Å². The van der Waals surface area contributed by atoms with Crippen molar-refractivity contribution in [3.63, 3.8) is 0 Å². The van der Waals surface area contributed by atoms with Gasteiger partial charge in [-0.1, -0.05) is 18.6 Å². The molecule has 1 rings (SSSR count). The fourth-order valence-corrected chi connectivity index (χ4v) is 2.94. The van der Waals surface area contributed by atoms with E-state index in [2.05, 4.69) is 6.07 Å². The lowest BCUT2D eigenvalue weighted by molar-refractivity contribution is 0.616. The first-order chi connectivity index (χ1) is 6.75. The molecule has 0 aromatic rings. The summed E-state index contributed by atoms with van der Waals surface area (Å²) >= 11 is 6.86. The van der Waals surface area contributed by atoms with Crippen LogP contribution in [-0.2, 0) is 0 Å². The summed E-state index contributed by atoms with van der Waals surface area (Å²) < 4.78 is 0.921. The molecule has 4 heteroatoms. The summed E-state index contributed by atoms with van der Waals surface area (Å²) in [6.45, 7) is 0. The van der Waals surface area contributed by atoms with Crippen LogP contribution in [0.5, 0.6) is 0 Å². The van der Waals surface area contributed by atoms with Crippen LogP contribution in [-0.4, -0.2) is 15.7 Å². The fraction of sp³-hybridized carbons (Fsp3) is 0.700. The third-order valence-electron chi connectivity index (χ3n) is 2.35. The minimum atomic E-state index is 0.211. The highest BCUT2D eigenvalue weighted by molar-refractivity contribution is 8.23. The lowest BCUT2D eigenvalue weighted by atomic mass is 9.89. The molecular formula is C10H14N2S2. The van der Waals surface area contributed by atoms with Gasteiger partial charge < -0.3 is 5.41 Å². The second-order valence-corrected chi connectivity index (χ2v) is 5.23. The smallest absolute Gasteiger partial charge is 0.0630 e. The van der Waals surface area contributed by atoms with Crippen molar-refractivity contribution in [3.8, 4) is 6.07 Å². The number of hydrogen-bond acceptors (Lipinski definition) is 4. The molecule has 2 nitrogen and oxygen atoms in total. The van der Waals surface area contributed by atoms with Gasteiger partial charge in [0.2, 0.25) is 0 Å². The average Bonchev–Trinajstić information content (AvgIpc) is 2.18. The zero-order valence-corrected chi connectivity index (χ0v) is 9.72. The normalized spacial score (nSPS) is 21.6. The maximum atomic E-state index is 8.39. The second-order valence-electron chi connectivity index (χ2n) is 3.40. The standard InChI is InChI=1S/C10H14N2S2/c11-6-3-7-14-10(13)8-4-1-2-5-9(8)12/h8,12H,1-5,7H2. The van der Waals surface area contributed by atoms with Crippen molar-refractivity contribution in [2.45, 2.75) is 32.1 Å². The molecule has 1 aliphatic rings. The van der Waals surface area contributed by atoms with Crippen LogP contribution < -0.4 is 0 Å². The van der Waals surface area contributed by atoms with Gasteiger partial charge in [0.15, 0.2) is 0 Å². The third kappa shape index (κ3) is 3.39. The Hall–Kier alpha value is -0.400. The molecule has 76 valence electrons. The molecule has 0 heterocycles. The van der Waals surface area contributed by atoms with Crippen LogP contribution >= 0.6 is 24.0 Å². The van der Waals surface area contributed by atoms with E-state index < -0.39 is 0 Å². The molecule has 0 aliphatic heterocycles. The summed E-state index contributed by atoms with van der Waals surface area (Å²) in [5.41, 5.74) is 0.797. The number of hydrogen-bond donors (Lipinski definition) is 1. The van der Waals surface area contributed by atoms with Crippen molar-refractivity contribution in [2.24, 2.45) is 5.92 Å². The fourth-order valence-electron chi connectivity index (χ4n) is 1.57. The van der Waals surface area contributed by atoms with E-state index >= 15 is 0 Å². The van der Waals surface area contributed by atoms with E-state index in [1.165, 1.54) is 6.42 Å². The Bertz CT molecular complexity index is 268. The molecule has 1 N–H and O–H groups in total. The predicted octanol–water partition coefficient (Wildman–Crippen LogP) is 3.17. The van der Waals surface area contributed by atoms with E-state index in [0.29, 0.717) is 6.42 Å². The van der Waals surface area contributed by atoms with Gasteiger partial charge in [-0.15, -0.1) is 11.8 Å². The first kappa shape index (κ1) is 11.7. The third-order valence-corrected chi connectivity index (χ3v) is 3.97. The van der Waals surface area contributed by atoms with Crippen LogP contribution in [0.2, 0.25) is 0 Å². The van der Waals surface area contributed by atoms with E-state index in [1.54, 1.807) is 11.8 Å². The molecule has 0 spiro atoms. The van der Waals surface area contributed by atoms with Crippen LogP contribution in [0.3, 0.4) is 0 Å². The van der Waals surface area contributed by atoms with Gasteiger partial charge >= 0.3 is 0 Å². The summed E-state index contributed by atoms with van der Waals surface area (Å²) in [7, 11) is 0. The summed E-state index contributed by atoms with van der Waals surface area (Å²) in [5, 5.41) is 16.2. The molecule has 1 fully saturated rings. The van der Waals surface area contributed by atoms with Gasteiger partial charge in [-0.3, -0.25) is 0 Å². The van der Waals surface area contributed by atoms with Gasteiger partial charge in [-0.2, -0.15) is 5.26 Å². The first-order valence-corrected chi connectivity index (χ1v) is 6.26. The van der Waals surface area contributed by atoms with Crippen molar-refractivity contribution in [2.75, 3.05) is 5.75 Å². The molecule has 0 amide bonds. The van der Waals surface area contributed by atoms with Gasteiger partial charge in [-0.05, 0) is 19.3 Å². The number of nitrogens with one attached hydrogen (secondary N) is 1. The zero-order valence-electron chi connectivity index (χ0n) is 8.08. The number of thiocarbonyl (C=S) groups is 1. The van der Waals surface area contributed by atoms with Crippen molar-refractivity contribution >= 4 is 33.9 Å². The first-order valence-electron chi connectivity index (χ1n) is 4.86. The maximum absolute atomic E-state index is 8.39. The zero-order chi connectivity index (χ0) is 10.4. The molecular weight excluding hydrogens is 212 g/mol. The summed E-state index contributed by atoms with van der Waals surface area (Å²) in [4.78, 5) is 0. The number of nitrogens with zero attached hydrogens (tertiary/aromatic N) is 1. The highest BCUT2D eigenvalue weighted by Crippen LogP contribution is 2.27. The number of nitriles is 1. The molecule has 1 unspecified atom stereocenters. The Balaban J connectivity index is 2.35. The van der Waals surface area contributed by atoms with Crippen molar-refractivity contribution in [1.82, 2.24) is 0 Å². The quantitative estimate of drug-likeness (QED) is 0.594. The Morgan fingerprint density at radius 3 is 3.07 bits per heavy atom. The van der Waals surface area contributed by atoms with E-state index in [1.807, 2.05) is 0 Å². The van der Waals surface area contributed by atoms with Gasteiger partial charge in [0.1, 0.15) is 0 Å². The Labute approximate surface area is 94.6 Å². The summed E-state index contributed by atoms with van der Waals surface area (Å²) in [6, 6.07) is 2.10. The monoisotopic (exact) mass is 226 g/mol. The SMILES string of the molecule is N#CCCSC(=S)C1CCCCC1=N. The molecule has 1 saturated carbocycles. The van der Waals surface area contributed by atoms with Crippen molar-refractivity contribution < 1.29 is 0 Å². The summed E-state index contributed by atoms with van der Waals surface area (Å²) in [5.74, 6) is 0.987. The lowest BCUT2D eigenvalue weighted by Crippen LogP contribution is -2.23. The molecule has 0 saturated heterocycles. The minimum Gasteiger partial charge on any atom is -0.309 e. The molecule has 0 radical (unpaired) electrons. The van der Waals surface area contributed by atoms with Crippen molar-refractivity contribution in [1.29, 1.82) is 10.7 Å². The Morgan fingerprint density at radius 1 is 1.64 bits per heavy atom. The maximum Gasteiger partial charge on any atom is 0.0630 e. The second kappa shape index (κ2) is 6.15.